The van der Waals surface area contributed by atoms with Crippen molar-refractivity contribution in [3.63, 3.8) is 0 Å². The summed E-state index contributed by atoms with van der Waals surface area (Å²) in [6.45, 7) is 6.24. The topological polar surface area (TPSA) is 46.3 Å². The van der Waals surface area contributed by atoms with E-state index in [0.717, 1.165) is 31.8 Å². The fourth-order valence-electron chi connectivity index (χ4n) is 2.63. The minimum Gasteiger partial charge on any atom is -0.398 e. The van der Waals surface area contributed by atoms with Crippen LogP contribution in [0.3, 0.4) is 0 Å². The second-order valence-corrected chi connectivity index (χ2v) is 5.46. The van der Waals surface area contributed by atoms with E-state index >= 15 is 0 Å². The van der Waals surface area contributed by atoms with Gasteiger partial charge in [0.15, 0.2) is 0 Å². The van der Waals surface area contributed by atoms with E-state index in [2.05, 4.69) is 13.8 Å². The van der Waals surface area contributed by atoms with Gasteiger partial charge < -0.3 is 10.6 Å². The predicted molar refractivity (Wildman–Crippen MR) is 74.3 cm³/mol. The number of carbonyl (C=O) groups excluding carboxylic acids is 1. The summed E-state index contributed by atoms with van der Waals surface area (Å²) < 4.78 is 0. The molecule has 1 heterocycles. The second-order valence-electron chi connectivity index (χ2n) is 5.46. The number of benzene rings is 1. The number of nitrogens with two attached hydrogens (primary N) is 1. The molecule has 0 spiro atoms. The Balaban J connectivity index is 2.02. The lowest BCUT2D eigenvalue weighted by atomic mass is 9.86. The van der Waals surface area contributed by atoms with Crippen LogP contribution in [0.1, 0.15) is 37.0 Å². The first-order valence-corrected chi connectivity index (χ1v) is 6.73. The summed E-state index contributed by atoms with van der Waals surface area (Å²) in [6, 6.07) is 7.32. The van der Waals surface area contributed by atoms with Gasteiger partial charge in [-0.3, -0.25) is 4.79 Å². The molecule has 0 bridgehead atoms. The highest BCUT2D eigenvalue weighted by atomic mass is 16.2. The Morgan fingerprint density at radius 3 is 2.44 bits per heavy atom. The second kappa shape index (κ2) is 5.42. The van der Waals surface area contributed by atoms with Gasteiger partial charge in [-0.25, -0.2) is 0 Å². The van der Waals surface area contributed by atoms with Gasteiger partial charge in [-0.2, -0.15) is 0 Å². The molecule has 1 aliphatic rings. The highest BCUT2D eigenvalue weighted by molar-refractivity contribution is 5.99. The molecule has 1 amide bonds. The van der Waals surface area contributed by atoms with Gasteiger partial charge in [0.05, 0.1) is 5.56 Å². The van der Waals surface area contributed by atoms with Crippen molar-refractivity contribution in [2.75, 3.05) is 18.8 Å². The van der Waals surface area contributed by atoms with Gasteiger partial charge in [-0.1, -0.05) is 26.0 Å². The van der Waals surface area contributed by atoms with E-state index < -0.39 is 0 Å². The SMILES string of the molecule is CC(C)C1CCN(C(=O)c2ccccc2N)CC1. The number of nitrogens with zero attached hydrogens (tertiary/aromatic N) is 1. The molecule has 1 aliphatic heterocycles. The van der Waals surface area contributed by atoms with Crippen LogP contribution in [0.15, 0.2) is 24.3 Å². The van der Waals surface area contributed by atoms with Crippen LogP contribution in [0, 0.1) is 11.8 Å². The molecule has 3 nitrogen and oxygen atoms in total. The number of hydrogen-bond donors (Lipinski definition) is 1. The average molecular weight is 246 g/mol. The number of para-hydroxylation sites is 1. The number of rotatable bonds is 2. The fraction of sp³-hybridized carbons (Fsp3) is 0.533. The molecule has 0 unspecified atom stereocenters. The van der Waals surface area contributed by atoms with Crippen molar-refractivity contribution in [2.45, 2.75) is 26.7 Å². The van der Waals surface area contributed by atoms with Crippen molar-refractivity contribution in [2.24, 2.45) is 11.8 Å². The van der Waals surface area contributed by atoms with Crippen molar-refractivity contribution in [1.82, 2.24) is 4.90 Å². The first-order chi connectivity index (χ1) is 8.59. The van der Waals surface area contributed by atoms with Crippen molar-refractivity contribution < 1.29 is 4.79 Å². The van der Waals surface area contributed by atoms with Crippen LogP contribution in [0.5, 0.6) is 0 Å². The Morgan fingerprint density at radius 1 is 1.28 bits per heavy atom. The van der Waals surface area contributed by atoms with E-state index in [0.29, 0.717) is 17.2 Å². The normalized spacial score (nSPS) is 17.2. The van der Waals surface area contributed by atoms with Crippen molar-refractivity contribution in [1.29, 1.82) is 0 Å². The largest absolute Gasteiger partial charge is 0.398 e. The number of amides is 1. The van der Waals surface area contributed by atoms with E-state index in [1.54, 1.807) is 6.07 Å². The minimum atomic E-state index is 0.0790. The van der Waals surface area contributed by atoms with Crippen LogP contribution < -0.4 is 5.73 Å². The molecule has 0 radical (unpaired) electrons. The van der Waals surface area contributed by atoms with Crippen molar-refractivity contribution in [3.8, 4) is 0 Å². The van der Waals surface area contributed by atoms with Crippen LogP contribution in [0.2, 0.25) is 0 Å². The molecular weight excluding hydrogens is 224 g/mol. The molecule has 98 valence electrons. The smallest absolute Gasteiger partial charge is 0.255 e. The number of likely N-dealkylation sites (tertiary alicyclic amines) is 1. The van der Waals surface area contributed by atoms with Gasteiger partial charge in [0.25, 0.3) is 5.91 Å². The van der Waals surface area contributed by atoms with Gasteiger partial charge in [0, 0.05) is 18.8 Å². The quantitative estimate of drug-likeness (QED) is 0.816. The molecule has 1 saturated heterocycles. The molecule has 1 aromatic carbocycles. The Bertz CT molecular complexity index is 420. The van der Waals surface area contributed by atoms with Gasteiger partial charge in [0.1, 0.15) is 0 Å². The standard InChI is InChI=1S/C15H22N2O/c1-11(2)12-7-9-17(10-8-12)15(18)13-5-3-4-6-14(13)16/h3-6,11-12H,7-10,16H2,1-2H3. The van der Waals surface area contributed by atoms with Crippen LogP contribution in [-0.4, -0.2) is 23.9 Å². The molecule has 2 N–H and O–H groups in total. The first kappa shape index (κ1) is 12.9. The van der Waals surface area contributed by atoms with Gasteiger partial charge in [-0.05, 0) is 36.8 Å². The Labute approximate surface area is 109 Å². The van der Waals surface area contributed by atoms with Gasteiger partial charge >= 0.3 is 0 Å². The molecular formula is C15H22N2O. The zero-order valence-electron chi connectivity index (χ0n) is 11.2. The third-order valence-corrected chi connectivity index (χ3v) is 3.96. The van der Waals surface area contributed by atoms with Crippen LogP contribution in [-0.2, 0) is 0 Å². The van der Waals surface area contributed by atoms with Crippen molar-refractivity contribution >= 4 is 11.6 Å². The summed E-state index contributed by atoms with van der Waals surface area (Å²) in [5.74, 6) is 1.54. The van der Waals surface area contributed by atoms with E-state index in [1.165, 1.54) is 0 Å². The Morgan fingerprint density at radius 2 is 1.89 bits per heavy atom. The number of anilines is 1. The van der Waals surface area contributed by atoms with E-state index in [4.69, 9.17) is 5.73 Å². The molecule has 0 aliphatic carbocycles. The summed E-state index contributed by atoms with van der Waals surface area (Å²) >= 11 is 0. The highest BCUT2D eigenvalue weighted by Gasteiger charge is 2.25. The number of hydrogen-bond acceptors (Lipinski definition) is 2. The predicted octanol–water partition coefficient (Wildman–Crippen LogP) is 2.78. The third-order valence-electron chi connectivity index (χ3n) is 3.96. The summed E-state index contributed by atoms with van der Waals surface area (Å²) in [4.78, 5) is 14.3. The molecule has 0 atom stereocenters. The van der Waals surface area contributed by atoms with E-state index in [1.807, 2.05) is 23.1 Å². The lowest BCUT2D eigenvalue weighted by Crippen LogP contribution is -2.39. The highest BCUT2D eigenvalue weighted by Crippen LogP contribution is 2.26. The Kier molecular flexibility index (Phi) is 3.90. The molecule has 3 heteroatoms. The summed E-state index contributed by atoms with van der Waals surface area (Å²) in [5, 5.41) is 0. The van der Waals surface area contributed by atoms with Gasteiger partial charge in [-0.15, -0.1) is 0 Å². The zero-order chi connectivity index (χ0) is 13.1. The summed E-state index contributed by atoms with van der Waals surface area (Å²) in [6.07, 6.45) is 2.21. The van der Waals surface area contributed by atoms with Crippen LogP contribution >= 0.6 is 0 Å². The lowest BCUT2D eigenvalue weighted by molar-refractivity contribution is 0.0669. The Hall–Kier alpha value is -1.51. The first-order valence-electron chi connectivity index (χ1n) is 6.73. The maximum absolute atomic E-state index is 12.3. The summed E-state index contributed by atoms with van der Waals surface area (Å²) in [7, 11) is 0. The van der Waals surface area contributed by atoms with E-state index in [9.17, 15) is 4.79 Å². The fourth-order valence-corrected chi connectivity index (χ4v) is 2.63. The lowest BCUT2D eigenvalue weighted by Gasteiger charge is -2.34. The third kappa shape index (κ3) is 2.66. The summed E-state index contributed by atoms with van der Waals surface area (Å²) in [5.41, 5.74) is 7.07. The zero-order valence-corrected chi connectivity index (χ0v) is 11.2. The molecule has 0 saturated carbocycles. The monoisotopic (exact) mass is 246 g/mol. The van der Waals surface area contributed by atoms with Crippen molar-refractivity contribution in [3.05, 3.63) is 29.8 Å². The van der Waals surface area contributed by atoms with Crippen LogP contribution in [0.25, 0.3) is 0 Å². The van der Waals surface area contributed by atoms with Gasteiger partial charge in [0.2, 0.25) is 0 Å². The van der Waals surface area contributed by atoms with E-state index in [-0.39, 0.29) is 5.91 Å². The molecule has 1 aromatic rings. The number of nitrogen functional groups attached to an aromatic ring is 1. The van der Waals surface area contributed by atoms with Crippen LogP contribution in [0.4, 0.5) is 5.69 Å². The maximum atomic E-state index is 12.3. The molecule has 18 heavy (non-hydrogen) atoms. The molecule has 2 rings (SSSR count). The number of carbonyl (C=O) groups is 1. The molecule has 0 aromatic heterocycles. The maximum Gasteiger partial charge on any atom is 0.255 e. The average Bonchev–Trinajstić information content (AvgIpc) is 2.38. The minimum absolute atomic E-state index is 0.0790. The number of piperidine rings is 1. The molecule has 1 fully saturated rings.